The third kappa shape index (κ3) is 3.89. The molecule has 0 aliphatic carbocycles. The summed E-state index contributed by atoms with van der Waals surface area (Å²) in [5, 5.41) is 2.55. The summed E-state index contributed by atoms with van der Waals surface area (Å²) in [6.07, 6.45) is -1.04. The summed E-state index contributed by atoms with van der Waals surface area (Å²) < 4.78 is 11.2. The maximum Gasteiger partial charge on any atom is 0.412 e. The SMILES string of the molecule is CCOC(=O)Nc1cc2c(c(N)n1)N=C(c1ccccc1)C(c1ccccc1)O2. The molecule has 2 aromatic carbocycles. The number of aromatic nitrogens is 1. The first kappa shape index (κ1) is 18.5. The van der Waals surface area contributed by atoms with Gasteiger partial charge in [-0.3, -0.25) is 5.32 Å². The number of anilines is 2. The van der Waals surface area contributed by atoms with Crippen LogP contribution in [0.3, 0.4) is 0 Å². The summed E-state index contributed by atoms with van der Waals surface area (Å²) in [6, 6.07) is 21.2. The highest BCUT2D eigenvalue weighted by Crippen LogP contribution is 2.43. The van der Waals surface area contributed by atoms with E-state index in [1.165, 1.54) is 0 Å². The van der Waals surface area contributed by atoms with Crippen LogP contribution in [0.2, 0.25) is 0 Å². The lowest BCUT2D eigenvalue weighted by Gasteiger charge is -2.27. The zero-order valence-corrected chi connectivity index (χ0v) is 15.8. The minimum Gasteiger partial charge on any atom is -0.477 e. The van der Waals surface area contributed by atoms with Crippen LogP contribution in [0.25, 0.3) is 0 Å². The van der Waals surface area contributed by atoms with Crippen molar-refractivity contribution in [3.63, 3.8) is 0 Å². The van der Waals surface area contributed by atoms with Gasteiger partial charge < -0.3 is 15.2 Å². The Hall–Kier alpha value is -3.87. The molecule has 3 aromatic rings. The molecule has 1 unspecified atom stereocenters. The first-order valence-corrected chi connectivity index (χ1v) is 9.25. The molecule has 1 aliphatic heterocycles. The second-order valence-electron chi connectivity index (χ2n) is 6.36. The predicted octanol–water partition coefficient (Wildman–Crippen LogP) is 4.49. The molecule has 0 bridgehead atoms. The van der Waals surface area contributed by atoms with Gasteiger partial charge in [0.05, 0.1) is 12.3 Å². The molecule has 0 radical (unpaired) electrons. The van der Waals surface area contributed by atoms with Gasteiger partial charge in [-0.1, -0.05) is 60.7 Å². The van der Waals surface area contributed by atoms with Crippen LogP contribution in [0.15, 0.2) is 71.7 Å². The van der Waals surface area contributed by atoms with E-state index >= 15 is 0 Å². The molecule has 29 heavy (non-hydrogen) atoms. The lowest BCUT2D eigenvalue weighted by atomic mass is 9.97. The van der Waals surface area contributed by atoms with Gasteiger partial charge in [-0.05, 0) is 12.5 Å². The van der Waals surface area contributed by atoms with Crippen LogP contribution in [0, 0.1) is 0 Å². The van der Waals surface area contributed by atoms with Crippen LogP contribution in [-0.4, -0.2) is 23.4 Å². The largest absolute Gasteiger partial charge is 0.477 e. The maximum absolute atomic E-state index is 11.7. The molecule has 0 spiro atoms. The normalized spacial score (nSPS) is 14.9. The number of carbonyl (C=O) groups is 1. The van der Waals surface area contributed by atoms with Crippen LogP contribution in [-0.2, 0) is 4.74 Å². The molecule has 1 amide bonds. The topological polar surface area (TPSA) is 98.8 Å². The van der Waals surface area contributed by atoms with E-state index in [9.17, 15) is 4.79 Å². The van der Waals surface area contributed by atoms with Gasteiger partial charge in [0.25, 0.3) is 0 Å². The molecule has 146 valence electrons. The summed E-state index contributed by atoms with van der Waals surface area (Å²) in [6.45, 7) is 1.98. The van der Waals surface area contributed by atoms with Crippen molar-refractivity contribution in [2.75, 3.05) is 17.7 Å². The minimum absolute atomic E-state index is 0.161. The van der Waals surface area contributed by atoms with E-state index in [2.05, 4.69) is 10.3 Å². The smallest absolute Gasteiger partial charge is 0.412 e. The third-order valence-electron chi connectivity index (χ3n) is 4.39. The molecule has 1 aliphatic rings. The standard InChI is InChI=1S/C22H20N4O3/c1-2-28-22(27)25-17-13-16-19(21(23)24-17)26-18(14-9-5-3-6-10-14)20(29-16)15-11-7-4-8-12-15/h3-13,20H,2H2,1H3,(H3,23,24,25,27). The Morgan fingerprint density at radius 2 is 1.83 bits per heavy atom. The van der Waals surface area contributed by atoms with E-state index < -0.39 is 12.2 Å². The van der Waals surface area contributed by atoms with Crippen molar-refractivity contribution < 1.29 is 14.3 Å². The van der Waals surface area contributed by atoms with Gasteiger partial charge in [-0.2, -0.15) is 0 Å². The number of pyridine rings is 1. The Morgan fingerprint density at radius 3 is 2.52 bits per heavy atom. The highest BCUT2D eigenvalue weighted by molar-refractivity contribution is 6.07. The molecular weight excluding hydrogens is 368 g/mol. The summed E-state index contributed by atoms with van der Waals surface area (Å²) in [5.74, 6) is 0.844. The van der Waals surface area contributed by atoms with E-state index in [0.717, 1.165) is 16.8 Å². The van der Waals surface area contributed by atoms with Crippen LogP contribution >= 0.6 is 0 Å². The number of fused-ring (bicyclic) bond motifs is 1. The van der Waals surface area contributed by atoms with Gasteiger partial charge in [0.1, 0.15) is 11.5 Å². The second kappa shape index (κ2) is 8.02. The lowest BCUT2D eigenvalue weighted by molar-refractivity contribution is 0.168. The highest BCUT2D eigenvalue weighted by atomic mass is 16.5. The number of benzene rings is 2. The highest BCUT2D eigenvalue weighted by Gasteiger charge is 2.29. The molecule has 1 aromatic heterocycles. The lowest BCUT2D eigenvalue weighted by Crippen LogP contribution is -2.23. The summed E-state index contributed by atoms with van der Waals surface area (Å²) in [7, 11) is 0. The number of rotatable bonds is 4. The van der Waals surface area contributed by atoms with E-state index in [1.807, 2.05) is 60.7 Å². The Morgan fingerprint density at radius 1 is 1.14 bits per heavy atom. The van der Waals surface area contributed by atoms with Gasteiger partial charge in [0.2, 0.25) is 0 Å². The summed E-state index contributed by atoms with van der Waals surface area (Å²) >= 11 is 0. The van der Waals surface area contributed by atoms with Crippen molar-refractivity contribution in [1.29, 1.82) is 0 Å². The van der Waals surface area contributed by atoms with Crippen molar-refractivity contribution in [3.05, 3.63) is 77.9 Å². The fraction of sp³-hybridized carbons (Fsp3) is 0.136. The van der Waals surface area contributed by atoms with Crippen LogP contribution in [0.4, 0.5) is 22.1 Å². The third-order valence-corrected chi connectivity index (χ3v) is 4.39. The van der Waals surface area contributed by atoms with E-state index in [4.69, 9.17) is 20.2 Å². The Bertz CT molecular complexity index is 1050. The number of carbonyl (C=O) groups excluding carboxylic acids is 1. The average molecular weight is 388 g/mol. The average Bonchev–Trinajstić information content (AvgIpc) is 2.74. The van der Waals surface area contributed by atoms with E-state index in [0.29, 0.717) is 11.4 Å². The predicted molar refractivity (Wildman–Crippen MR) is 112 cm³/mol. The number of nitrogens with two attached hydrogens (primary N) is 1. The Balaban J connectivity index is 1.78. The molecule has 3 N–H and O–H groups in total. The van der Waals surface area contributed by atoms with E-state index in [1.54, 1.807) is 13.0 Å². The number of aliphatic imine (C=N–C) groups is 1. The Kier molecular flexibility index (Phi) is 5.11. The monoisotopic (exact) mass is 388 g/mol. The van der Waals surface area contributed by atoms with Gasteiger partial charge in [0.15, 0.2) is 17.7 Å². The van der Waals surface area contributed by atoms with E-state index in [-0.39, 0.29) is 18.2 Å². The number of ether oxygens (including phenoxy) is 2. The van der Waals surface area contributed by atoms with Crippen molar-refractivity contribution in [2.24, 2.45) is 4.99 Å². The number of hydrogen-bond donors (Lipinski definition) is 2. The first-order valence-electron chi connectivity index (χ1n) is 9.25. The molecule has 2 heterocycles. The molecule has 0 saturated heterocycles. The molecule has 0 saturated carbocycles. The first-order chi connectivity index (χ1) is 14.2. The molecule has 7 nitrogen and oxygen atoms in total. The number of nitrogen functional groups attached to an aromatic ring is 1. The maximum atomic E-state index is 11.7. The zero-order chi connectivity index (χ0) is 20.2. The molecule has 4 rings (SSSR count). The van der Waals surface area contributed by atoms with Crippen LogP contribution in [0.5, 0.6) is 5.75 Å². The van der Waals surface area contributed by atoms with Crippen molar-refractivity contribution in [3.8, 4) is 5.75 Å². The number of hydrogen-bond acceptors (Lipinski definition) is 6. The van der Waals surface area contributed by atoms with Gasteiger partial charge in [-0.15, -0.1) is 0 Å². The fourth-order valence-corrected chi connectivity index (χ4v) is 3.11. The number of amides is 1. The van der Waals surface area contributed by atoms with Crippen molar-refractivity contribution in [2.45, 2.75) is 13.0 Å². The molecule has 1 atom stereocenters. The summed E-state index contributed by atoms with van der Waals surface area (Å²) in [4.78, 5) is 20.7. The van der Waals surface area contributed by atoms with Crippen molar-refractivity contribution >= 4 is 29.1 Å². The van der Waals surface area contributed by atoms with Gasteiger partial charge in [-0.25, -0.2) is 14.8 Å². The number of nitrogens with one attached hydrogen (secondary N) is 1. The van der Waals surface area contributed by atoms with Crippen LogP contribution in [0.1, 0.15) is 24.2 Å². The summed E-state index contributed by atoms with van der Waals surface area (Å²) in [5.41, 5.74) is 9.19. The van der Waals surface area contributed by atoms with Crippen LogP contribution < -0.4 is 15.8 Å². The second-order valence-corrected chi connectivity index (χ2v) is 6.36. The van der Waals surface area contributed by atoms with Crippen molar-refractivity contribution in [1.82, 2.24) is 4.98 Å². The quantitative estimate of drug-likeness (QED) is 0.686. The Labute approximate surface area is 168 Å². The molecule has 7 heteroatoms. The molecular formula is C22H20N4O3. The van der Waals surface area contributed by atoms with Gasteiger partial charge >= 0.3 is 6.09 Å². The zero-order valence-electron chi connectivity index (χ0n) is 15.8. The molecule has 0 fully saturated rings. The number of nitrogens with zero attached hydrogens (tertiary/aromatic N) is 2. The minimum atomic E-state index is -0.608. The van der Waals surface area contributed by atoms with Gasteiger partial charge in [0, 0.05) is 11.6 Å². The fourth-order valence-electron chi connectivity index (χ4n) is 3.11.